The predicted octanol–water partition coefficient (Wildman–Crippen LogP) is 1.21. The Bertz CT molecular complexity index is 996. The molecule has 1 heterocycles. The van der Waals surface area contributed by atoms with Crippen molar-refractivity contribution in [2.75, 3.05) is 0 Å². The fraction of sp³-hybridized carbons (Fsp3) is 0.0625. The Morgan fingerprint density at radius 2 is 1.75 bits per heavy atom. The summed E-state index contributed by atoms with van der Waals surface area (Å²) in [7, 11) is -3.72. The molecule has 3 N–H and O–H groups in total. The average Bonchev–Trinajstić information content (AvgIpc) is 2.59. The highest BCUT2D eigenvalue weighted by atomic mass is 32.2. The molecule has 0 fully saturated rings. The van der Waals surface area contributed by atoms with Gasteiger partial charge in [0.15, 0.2) is 0 Å². The number of primary sulfonamides is 1. The van der Waals surface area contributed by atoms with Crippen molar-refractivity contribution < 1.29 is 13.2 Å². The van der Waals surface area contributed by atoms with Crippen LogP contribution in [0.3, 0.4) is 0 Å². The number of fused-ring (bicyclic) bond motifs is 1. The first-order chi connectivity index (χ1) is 11.4. The van der Waals surface area contributed by atoms with Crippen LogP contribution in [0, 0.1) is 0 Å². The van der Waals surface area contributed by atoms with Gasteiger partial charge in [-0.25, -0.2) is 23.5 Å². The lowest BCUT2D eigenvalue weighted by molar-refractivity contribution is 0.0947. The van der Waals surface area contributed by atoms with Gasteiger partial charge in [0, 0.05) is 11.9 Å². The maximum Gasteiger partial charge on any atom is 0.270 e. The van der Waals surface area contributed by atoms with E-state index in [0.29, 0.717) is 16.6 Å². The zero-order chi connectivity index (χ0) is 17.2. The SMILES string of the molecule is NS(=O)(=O)c1ccc(CNC(=O)c2ncnc3ccccc23)cc1. The molecule has 0 radical (unpaired) electrons. The van der Waals surface area contributed by atoms with Gasteiger partial charge in [-0.1, -0.05) is 30.3 Å². The maximum atomic E-state index is 12.3. The number of carbonyl (C=O) groups excluding carboxylic acids is 1. The van der Waals surface area contributed by atoms with Gasteiger partial charge in [0.25, 0.3) is 5.91 Å². The lowest BCUT2D eigenvalue weighted by Gasteiger charge is -2.07. The fourth-order valence-corrected chi connectivity index (χ4v) is 2.76. The van der Waals surface area contributed by atoms with Crippen molar-refractivity contribution in [3.8, 4) is 0 Å². The van der Waals surface area contributed by atoms with Crippen molar-refractivity contribution in [3.05, 3.63) is 66.1 Å². The number of carbonyl (C=O) groups is 1. The molecule has 0 saturated heterocycles. The Labute approximate surface area is 138 Å². The minimum Gasteiger partial charge on any atom is -0.347 e. The molecule has 122 valence electrons. The number of para-hydroxylation sites is 1. The van der Waals surface area contributed by atoms with Crippen LogP contribution >= 0.6 is 0 Å². The van der Waals surface area contributed by atoms with E-state index in [2.05, 4.69) is 15.3 Å². The molecule has 0 atom stereocenters. The Morgan fingerprint density at radius 1 is 1.04 bits per heavy atom. The molecular weight excluding hydrogens is 328 g/mol. The van der Waals surface area contributed by atoms with E-state index in [1.54, 1.807) is 24.3 Å². The number of amides is 1. The fourth-order valence-electron chi connectivity index (χ4n) is 2.25. The average molecular weight is 342 g/mol. The van der Waals surface area contributed by atoms with Crippen LogP contribution in [-0.4, -0.2) is 24.3 Å². The number of aromatic nitrogens is 2. The van der Waals surface area contributed by atoms with Gasteiger partial charge in [0.2, 0.25) is 10.0 Å². The number of nitrogens with two attached hydrogens (primary N) is 1. The molecular formula is C16H14N4O3S. The normalized spacial score (nSPS) is 11.4. The van der Waals surface area contributed by atoms with Crippen LogP contribution in [0.2, 0.25) is 0 Å². The van der Waals surface area contributed by atoms with Crippen molar-refractivity contribution in [2.24, 2.45) is 5.14 Å². The van der Waals surface area contributed by atoms with Crippen LogP contribution in [0.5, 0.6) is 0 Å². The molecule has 3 rings (SSSR count). The van der Waals surface area contributed by atoms with E-state index >= 15 is 0 Å². The largest absolute Gasteiger partial charge is 0.347 e. The second kappa shape index (κ2) is 6.34. The second-order valence-electron chi connectivity index (χ2n) is 5.11. The lowest BCUT2D eigenvalue weighted by Crippen LogP contribution is -2.24. The van der Waals surface area contributed by atoms with E-state index in [4.69, 9.17) is 5.14 Å². The summed E-state index contributed by atoms with van der Waals surface area (Å²) in [5, 5.41) is 8.47. The molecule has 1 amide bonds. The quantitative estimate of drug-likeness (QED) is 0.739. The summed E-state index contributed by atoms with van der Waals surface area (Å²) in [4.78, 5) is 20.5. The summed E-state index contributed by atoms with van der Waals surface area (Å²) in [6.07, 6.45) is 1.35. The molecule has 0 saturated carbocycles. The summed E-state index contributed by atoms with van der Waals surface area (Å²) < 4.78 is 22.4. The van der Waals surface area contributed by atoms with Gasteiger partial charge in [-0.05, 0) is 23.8 Å². The maximum absolute atomic E-state index is 12.3. The molecule has 7 nitrogen and oxygen atoms in total. The van der Waals surface area contributed by atoms with Gasteiger partial charge < -0.3 is 5.32 Å². The Balaban J connectivity index is 1.76. The molecule has 0 spiro atoms. The van der Waals surface area contributed by atoms with Crippen molar-refractivity contribution in [1.82, 2.24) is 15.3 Å². The Hall–Kier alpha value is -2.84. The summed E-state index contributed by atoms with van der Waals surface area (Å²) in [5.74, 6) is -0.330. The van der Waals surface area contributed by atoms with Gasteiger partial charge in [-0.15, -0.1) is 0 Å². The zero-order valence-corrected chi connectivity index (χ0v) is 13.3. The van der Waals surface area contributed by atoms with Crippen molar-refractivity contribution in [2.45, 2.75) is 11.4 Å². The van der Waals surface area contributed by atoms with Crippen LogP contribution in [0.1, 0.15) is 16.1 Å². The highest BCUT2D eigenvalue weighted by Crippen LogP contribution is 2.14. The predicted molar refractivity (Wildman–Crippen MR) is 88.5 cm³/mol. The molecule has 0 unspecified atom stereocenters. The summed E-state index contributed by atoms with van der Waals surface area (Å²) in [5.41, 5.74) is 1.73. The summed E-state index contributed by atoms with van der Waals surface area (Å²) in [6, 6.07) is 13.2. The molecule has 0 aliphatic carbocycles. The van der Waals surface area contributed by atoms with Gasteiger partial charge in [-0.3, -0.25) is 4.79 Å². The minimum atomic E-state index is -3.72. The first-order valence-corrected chi connectivity index (χ1v) is 8.59. The monoisotopic (exact) mass is 342 g/mol. The summed E-state index contributed by atoms with van der Waals surface area (Å²) >= 11 is 0. The number of benzene rings is 2. The number of rotatable bonds is 4. The molecule has 8 heteroatoms. The molecule has 2 aromatic carbocycles. The van der Waals surface area contributed by atoms with E-state index in [1.807, 2.05) is 12.1 Å². The van der Waals surface area contributed by atoms with Crippen LogP contribution in [0.4, 0.5) is 0 Å². The van der Waals surface area contributed by atoms with Gasteiger partial charge in [-0.2, -0.15) is 0 Å². The number of nitrogens with zero attached hydrogens (tertiary/aromatic N) is 2. The molecule has 1 aromatic heterocycles. The highest BCUT2D eigenvalue weighted by molar-refractivity contribution is 7.89. The third-order valence-corrected chi connectivity index (χ3v) is 4.39. The molecule has 24 heavy (non-hydrogen) atoms. The van der Waals surface area contributed by atoms with E-state index in [-0.39, 0.29) is 17.3 Å². The van der Waals surface area contributed by atoms with Gasteiger partial charge >= 0.3 is 0 Å². The number of nitrogens with one attached hydrogen (secondary N) is 1. The van der Waals surface area contributed by atoms with Crippen LogP contribution in [0.25, 0.3) is 10.9 Å². The molecule has 0 aliphatic rings. The lowest BCUT2D eigenvalue weighted by atomic mass is 10.1. The number of sulfonamides is 1. The van der Waals surface area contributed by atoms with Crippen LogP contribution < -0.4 is 10.5 Å². The van der Waals surface area contributed by atoms with E-state index in [1.165, 1.54) is 18.5 Å². The molecule has 3 aromatic rings. The Kier molecular flexibility index (Phi) is 4.24. The van der Waals surface area contributed by atoms with Crippen molar-refractivity contribution in [3.63, 3.8) is 0 Å². The smallest absolute Gasteiger partial charge is 0.270 e. The van der Waals surface area contributed by atoms with E-state index in [0.717, 1.165) is 5.56 Å². The number of hydrogen-bond donors (Lipinski definition) is 2. The number of hydrogen-bond acceptors (Lipinski definition) is 5. The topological polar surface area (TPSA) is 115 Å². The minimum absolute atomic E-state index is 0.0272. The van der Waals surface area contributed by atoms with Crippen molar-refractivity contribution >= 4 is 26.8 Å². The van der Waals surface area contributed by atoms with Crippen LogP contribution in [0.15, 0.2) is 59.8 Å². The Morgan fingerprint density at radius 3 is 2.46 bits per heavy atom. The highest BCUT2D eigenvalue weighted by Gasteiger charge is 2.12. The zero-order valence-electron chi connectivity index (χ0n) is 12.5. The summed E-state index contributed by atoms with van der Waals surface area (Å²) in [6.45, 7) is 0.238. The van der Waals surface area contributed by atoms with Crippen molar-refractivity contribution in [1.29, 1.82) is 0 Å². The van der Waals surface area contributed by atoms with Crippen LogP contribution in [-0.2, 0) is 16.6 Å². The molecule has 0 aliphatic heterocycles. The molecule has 0 bridgehead atoms. The van der Waals surface area contributed by atoms with E-state index < -0.39 is 10.0 Å². The first-order valence-electron chi connectivity index (χ1n) is 7.05. The standard InChI is InChI=1S/C16H14N4O3S/c17-24(22,23)12-7-5-11(6-8-12)9-18-16(21)15-13-3-1-2-4-14(13)19-10-20-15/h1-8,10H,9H2,(H,18,21)(H2,17,22,23). The third kappa shape index (κ3) is 3.39. The second-order valence-corrected chi connectivity index (χ2v) is 6.67. The third-order valence-electron chi connectivity index (χ3n) is 3.46. The first kappa shape index (κ1) is 16.0. The van der Waals surface area contributed by atoms with Gasteiger partial charge in [0.05, 0.1) is 10.4 Å². The van der Waals surface area contributed by atoms with E-state index in [9.17, 15) is 13.2 Å². The van der Waals surface area contributed by atoms with Gasteiger partial charge in [0.1, 0.15) is 12.0 Å².